The molecule has 5 heteroatoms. The van der Waals surface area contributed by atoms with Gasteiger partial charge in [0.25, 0.3) is 0 Å². The zero-order valence-corrected chi connectivity index (χ0v) is 11.7. The minimum atomic E-state index is -2.79. The zero-order valence-electron chi connectivity index (χ0n) is 10.2. The molecule has 0 spiro atoms. The first-order chi connectivity index (χ1) is 7.43. The first kappa shape index (κ1) is 14.3. The number of rotatable bonds is 7. The van der Waals surface area contributed by atoms with Crippen LogP contribution in [-0.2, 0) is 9.84 Å². The summed E-state index contributed by atoms with van der Waals surface area (Å²) in [4.78, 5) is 2.22. The Bertz CT molecular complexity index is 299. The SMILES string of the molecule is CCS(=O)(=O)CCCN(C)CC1CC(Cl)C1. The van der Waals surface area contributed by atoms with Crippen molar-refractivity contribution >= 4 is 21.4 Å². The van der Waals surface area contributed by atoms with Gasteiger partial charge in [-0.3, -0.25) is 0 Å². The van der Waals surface area contributed by atoms with Crippen molar-refractivity contribution in [2.45, 2.75) is 31.6 Å². The molecular formula is C11H22ClNO2S. The molecule has 1 rings (SSSR count). The fourth-order valence-electron chi connectivity index (χ4n) is 2.03. The highest BCUT2D eigenvalue weighted by atomic mass is 35.5. The fraction of sp³-hybridized carbons (Fsp3) is 1.00. The second kappa shape index (κ2) is 6.22. The van der Waals surface area contributed by atoms with Crippen molar-refractivity contribution in [2.24, 2.45) is 5.92 Å². The second-order valence-corrected chi connectivity index (χ2v) is 7.88. The molecule has 96 valence electrons. The summed E-state index contributed by atoms with van der Waals surface area (Å²) in [6.45, 7) is 3.62. The van der Waals surface area contributed by atoms with E-state index in [1.807, 2.05) is 0 Å². The highest BCUT2D eigenvalue weighted by Crippen LogP contribution is 2.32. The maximum atomic E-state index is 11.3. The molecule has 0 heterocycles. The van der Waals surface area contributed by atoms with Gasteiger partial charge in [0, 0.05) is 17.7 Å². The molecule has 0 radical (unpaired) electrons. The molecule has 16 heavy (non-hydrogen) atoms. The Kier molecular flexibility index (Phi) is 5.54. The van der Waals surface area contributed by atoms with Gasteiger partial charge < -0.3 is 4.90 Å². The summed E-state index contributed by atoms with van der Waals surface area (Å²) >= 11 is 5.91. The van der Waals surface area contributed by atoms with Gasteiger partial charge in [0.15, 0.2) is 0 Å². The van der Waals surface area contributed by atoms with E-state index in [-0.39, 0.29) is 5.75 Å². The lowest BCUT2D eigenvalue weighted by Crippen LogP contribution is -2.35. The number of alkyl halides is 1. The summed E-state index contributed by atoms with van der Waals surface area (Å²) in [6.07, 6.45) is 2.96. The number of hydrogen-bond acceptors (Lipinski definition) is 3. The van der Waals surface area contributed by atoms with E-state index >= 15 is 0 Å². The third-order valence-electron chi connectivity index (χ3n) is 3.18. The standard InChI is InChI=1S/C11H22ClNO2S/c1-3-16(14,15)6-4-5-13(2)9-10-7-11(12)8-10/h10-11H,3-9H2,1-2H3. The average Bonchev–Trinajstić information content (AvgIpc) is 2.15. The minimum absolute atomic E-state index is 0.257. The first-order valence-corrected chi connectivity index (χ1v) is 8.21. The lowest BCUT2D eigenvalue weighted by molar-refractivity contribution is 0.210. The summed E-state index contributed by atoms with van der Waals surface area (Å²) < 4.78 is 22.6. The number of sulfone groups is 1. The molecule has 1 aliphatic rings. The second-order valence-electron chi connectivity index (χ2n) is 4.79. The predicted octanol–water partition coefficient (Wildman–Crippen LogP) is 1.76. The van der Waals surface area contributed by atoms with Gasteiger partial charge in [0.1, 0.15) is 9.84 Å². The molecule has 1 saturated carbocycles. The smallest absolute Gasteiger partial charge is 0.150 e. The van der Waals surface area contributed by atoms with Crippen molar-refractivity contribution in [3.8, 4) is 0 Å². The van der Waals surface area contributed by atoms with Crippen LogP contribution < -0.4 is 0 Å². The number of halogens is 1. The number of nitrogens with zero attached hydrogens (tertiary/aromatic N) is 1. The molecule has 3 nitrogen and oxygen atoms in total. The molecular weight excluding hydrogens is 246 g/mol. The van der Waals surface area contributed by atoms with Crippen LogP contribution in [-0.4, -0.2) is 50.3 Å². The predicted molar refractivity (Wildman–Crippen MR) is 68.8 cm³/mol. The molecule has 0 atom stereocenters. The molecule has 0 bridgehead atoms. The van der Waals surface area contributed by atoms with E-state index in [9.17, 15) is 8.42 Å². The molecule has 0 N–H and O–H groups in total. The van der Waals surface area contributed by atoms with Crippen molar-refractivity contribution in [3.63, 3.8) is 0 Å². The topological polar surface area (TPSA) is 37.4 Å². The summed E-state index contributed by atoms with van der Waals surface area (Å²) in [5, 5.41) is 0.374. The van der Waals surface area contributed by atoms with Gasteiger partial charge in [-0.05, 0) is 38.8 Å². The number of hydrogen-bond donors (Lipinski definition) is 0. The van der Waals surface area contributed by atoms with Crippen LogP contribution in [0, 0.1) is 5.92 Å². The largest absolute Gasteiger partial charge is 0.306 e. The lowest BCUT2D eigenvalue weighted by Gasteiger charge is -2.34. The maximum Gasteiger partial charge on any atom is 0.150 e. The van der Waals surface area contributed by atoms with Crippen LogP contribution >= 0.6 is 11.6 Å². The van der Waals surface area contributed by atoms with Gasteiger partial charge in [-0.2, -0.15) is 0 Å². The van der Waals surface area contributed by atoms with Crippen LogP contribution in [0.4, 0.5) is 0 Å². The molecule has 0 aliphatic heterocycles. The van der Waals surface area contributed by atoms with Crippen molar-refractivity contribution in [2.75, 3.05) is 31.6 Å². The quantitative estimate of drug-likeness (QED) is 0.660. The van der Waals surface area contributed by atoms with E-state index in [0.29, 0.717) is 11.1 Å². The molecule has 0 unspecified atom stereocenters. The minimum Gasteiger partial charge on any atom is -0.306 e. The van der Waals surface area contributed by atoms with Crippen LogP contribution in [0.1, 0.15) is 26.2 Å². The Hall–Kier alpha value is 0.200. The molecule has 0 amide bonds. The Labute approximate surface area is 104 Å². The first-order valence-electron chi connectivity index (χ1n) is 5.96. The summed E-state index contributed by atoms with van der Waals surface area (Å²) in [5.74, 6) is 1.29. The summed E-state index contributed by atoms with van der Waals surface area (Å²) in [7, 11) is -0.736. The summed E-state index contributed by atoms with van der Waals surface area (Å²) in [5.41, 5.74) is 0. The van der Waals surface area contributed by atoms with E-state index < -0.39 is 9.84 Å². The monoisotopic (exact) mass is 267 g/mol. The van der Waals surface area contributed by atoms with Gasteiger partial charge >= 0.3 is 0 Å². The molecule has 1 fully saturated rings. The van der Waals surface area contributed by atoms with Gasteiger partial charge in [-0.25, -0.2) is 8.42 Å². The third-order valence-corrected chi connectivity index (χ3v) is 5.33. The van der Waals surface area contributed by atoms with Gasteiger partial charge in [-0.15, -0.1) is 11.6 Å². The van der Waals surface area contributed by atoms with Gasteiger partial charge in [-0.1, -0.05) is 6.92 Å². The Morgan fingerprint density at radius 3 is 2.50 bits per heavy atom. The van der Waals surface area contributed by atoms with Gasteiger partial charge in [0.2, 0.25) is 0 Å². The lowest BCUT2D eigenvalue weighted by atomic mass is 9.84. The van der Waals surface area contributed by atoms with E-state index in [2.05, 4.69) is 11.9 Å². The van der Waals surface area contributed by atoms with E-state index in [1.165, 1.54) is 0 Å². The summed E-state index contributed by atoms with van der Waals surface area (Å²) in [6, 6.07) is 0. The van der Waals surface area contributed by atoms with Crippen molar-refractivity contribution in [3.05, 3.63) is 0 Å². The highest BCUT2D eigenvalue weighted by molar-refractivity contribution is 7.91. The normalized spacial score (nSPS) is 25.8. The molecule has 0 saturated heterocycles. The van der Waals surface area contributed by atoms with Crippen molar-refractivity contribution in [1.29, 1.82) is 0 Å². The Morgan fingerprint density at radius 2 is 2.00 bits per heavy atom. The van der Waals surface area contributed by atoms with Crippen molar-refractivity contribution < 1.29 is 8.42 Å². The average molecular weight is 268 g/mol. The molecule has 0 aromatic rings. The Balaban J connectivity index is 2.09. The van der Waals surface area contributed by atoms with Crippen LogP contribution in [0.25, 0.3) is 0 Å². The van der Waals surface area contributed by atoms with Crippen LogP contribution in [0.15, 0.2) is 0 Å². The highest BCUT2D eigenvalue weighted by Gasteiger charge is 2.27. The molecule has 0 aromatic heterocycles. The Morgan fingerprint density at radius 1 is 1.38 bits per heavy atom. The van der Waals surface area contributed by atoms with Gasteiger partial charge in [0.05, 0.1) is 5.75 Å². The van der Waals surface area contributed by atoms with E-state index in [1.54, 1.807) is 6.92 Å². The van der Waals surface area contributed by atoms with Crippen LogP contribution in [0.2, 0.25) is 0 Å². The fourth-order valence-corrected chi connectivity index (χ4v) is 3.40. The van der Waals surface area contributed by atoms with E-state index in [0.717, 1.165) is 38.3 Å². The van der Waals surface area contributed by atoms with Crippen LogP contribution in [0.5, 0.6) is 0 Å². The molecule has 0 aromatic carbocycles. The zero-order chi connectivity index (χ0) is 12.2. The molecule has 1 aliphatic carbocycles. The maximum absolute atomic E-state index is 11.3. The van der Waals surface area contributed by atoms with E-state index in [4.69, 9.17) is 11.6 Å². The van der Waals surface area contributed by atoms with Crippen LogP contribution in [0.3, 0.4) is 0 Å². The third kappa shape index (κ3) is 5.02. The van der Waals surface area contributed by atoms with Crippen molar-refractivity contribution in [1.82, 2.24) is 4.90 Å².